The van der Waals surface area contributed by atoms with Gasteiger partial charge in [-0.1, -0.05) is 35.5 Å². The minimum absolute atomic E-state index is 0.101. The molecule has 0 saturated carbocycles. The van der Waals surface area contributed by atoms with E-state index in [0.29, 0.717) is 38.3 Å². The van der Waals surface area contributed by atoms with Gasteiger partial charge in [-0.05, 0) is 30.3 Å². The van der Waals surface area contributed by atoms with Crippen molar-refractivity contribution in [2.24, 2.45) is 7.05 Å². The van der Waals surface area contributed by atoms with E-state index < -0.39 is 0 Å². The van der Waals surface area contributed by atoms with Crippen molar-refractivity contribution in [1.82, 2.24) is 9.55 Å². The molecule has 0 bridgehead atoms. The van der Waals surface area contributed by atoms with E-state index in [1.807, 2.05) is 12.1 Å². The van der Waals surface area contributed by atoms with Gasteiger partial charge in [0.2, 0.25) is 5.91 Å². The summed E-state index contributed by atoms with van der Waals surface area (Å²) in [7, 11) is 3.21. The van der Waals surface area contributed by atoms with Gasteiger partial charge in [0, 0.05) is 24.2 Å². The van der Waals surface area contributed by atoms with E-state index in [4.69, 9.17) is 16.3 Å². The molecule has 3 rings (SSSR count). The molecule has 0 fully saturated rings. The van der Waals surface area contributed by atoms with Gasteiger partial charge in [0.1, 0.15) is 5.75 Å². The second kappa shape index (κ2) is 8.45. The van der Waals surface area contributed by atoms with Crippen LogP contribution in [0.5, 0.6) is 5.75 Å². The zero-order valence-electron chi connectivity index (χ0n) is 14.9. The van der Waals surface area contributed by atoms with Crippen molar-refractivity contribution in [1.29, 1.82) is 0 Å². The molecule has 0 atom stereocenters. The van der Waals surface area contributed by atoms with Gasteiger partial charge in [-0.15, -0.1) is 0 Å². The zero-order chi connectivity index (χ0) is 19.4. The van der Waals surface area contributed by atoms with Gasteiger partial charge in [0.05, 0.1) is 23.7 Å². The fraction of sp³-hybridized carbons (Fsp3) is 0.211. The normalized spacial score (nSPS) is 10.8. The lowest BCUT2D eigenvalue weighted by molar-refractivity contribution is -0.115. The van der Waals surface area contributed by atoms with E-state index in [9.17, 15) is 9.59 Å². The Balaban J connectivity index is 1.66. The van der Waals surface area contributed by atoms with Crippen molar-refractivity contribution in [3.05, 3.63) is 57.8 Å². The van der Waals surface area contributed by atoms with E-state index in [1.54, 1.807) is 37.4 Å². The minimum Gasteiger partial charge on any atom is -0.495 e. The highest BCUT2D eigenvalue weighted by Crippen LogP contribution is 2.28. The maximum absolute atomic E-state index is 12.4. The lowest BCUT2D eigenvalue weighted by Gasteiger charge is -2.11. The summed E-state index contributed by atoms with van der Waals surface area (Å²) < 4.78 is 6.72. The first kappa shape index (κ1) is 19.3. The lowest BCUT2D eigenvalue weighted by atomic mass is 10.2. The van der Waals surface area contributed by atoms with E-state index in [2.05, 4.69) is 10.3 Å². The number of ether oxygens (including phenoxy) is 1. The summed E-state index contributed by atoms with van der Waals surface area (Å²) in [4.78, 5) is 29.1. The Labute approximate surface area is 165 Å². The number of fused-ring (bicyclic) bond motifs is 1. The van der Waals surface area contributed by atoms with Crippen LogP contribution in [0.2, 0.25) is 5.02 Å². The number of hydrogen-bond donors (Lipinski definition) is 1. The van der Waals surface area contributed by atoms with Crippen LogP contribution < -0.4 is 15.6 Å². The van der Waals surface area contributed by atoms with Crippen molar-refractivity contribution in [2.45, 2.75) is 11.6 Å². The molecule has 2 aromatic carbocycles. The Morgan fingerprint density at radius 3 is 2.85 bits per heavy atom. The highest BCUT2D eigenvalue weighted by Gasteiger charge is 2.11. The van der Waals surface area contributed by atoms with E-state index in [-0.39, 0.29) is 17.9 Å². The molecule has 0 unspecified atom stereocenters. The highest BCUT2D eigenvalue weighted by atomic mass is 35.5. The molecular formula is C19H18ClN3O3S. The first-order chi connectivity index (χ1) is 13.0. The predicted octanol–water partition coefficient (Wildman–Crippen LogP) is 3.72. The Morgan fingerprint density at radius 2 is 2.07 bits per heavy atom. The number of carbonyl (C=O) groups is 1. The van der Waals surface area contributed by atoms with Gasteiger partial charge in [0.25, 0.3) is 5.56 Å². The van der Waals surface area contributed by atoms with Crippen molar-refractivity contribution in [3.63, 3.8) is 0 Å². The van der Waals surface area contributed by atoms with Gasteiger partial charge in [0.15, 0.2) is 5.16 Å². The molecule has 0 radical (unpaired) electrons. The van der Waals surface area contributed by atoms with Crippen LogP contribution in [0.4, 0.5) is 5.69 Å². The fourth-order valence-electron chi connectivity index (χ4n) is 2.55. The lowest BCUT2D eigenvalue weighted by Crippen LogP contribution is -2.20. The quantitative estimate of drug-likeness (QED) is 0.501. The molecule has 1 heterocycles. The number of rotatable bonds is 6. The van der Waals surface area contributed by atoms with Crippen molar-refractivity contribution >= 4 is 45.9 Å². The maximum atomic E-state index is 12.4. The molecule has 0 aliphatic rings. The molecule has 8 heteroatoms. The van der Waals surface area contributed by atoms with E-state index >= 15 is 0 Å². The van der Waals surface area contributed by atoms with Gasteiger partial charge in [-0.25, -0.2) is 4.98 Å². The smallest absolute Gasteiger partial charge is 0.261 e. The van der Waals surface area contributed by atoms with Gasteiger partial charge >= 0.3 is 0 Å². The summed E-state index contributed by atoms with van der Waals surface area (Å²) in [6.07, 6.45) is 0.253. The average molecular weight is 404 g/mol. The van der Waals surface area contributed by atoms with Crippen LogP contribution in [-0.4, -0.2) is 28.3 Å². The molecule has 0 spiro atoms. The Hall–Kier alpha value is -2.51. The zero-order valence-corrected chi connectivity index (χ0v) is 16.4. The number of hydrogen-bond acceptors (Lipinski definition) is 5. The second-order valence-corrected chi connectivity index (χ2v) is 7.27. The number of nitrogens with one attached hydrogen (secondary N) is 1. The maximum Gasteiger partial charge on any atom is 0.261 e. The van der Waals surface area contributed by atoms with Crippen LogP contribution >= 0.6 is 23.4 Å². The second-order valence-electron chi connectivity index (χ2n) is 5.77. The monoisotopic (exact) mass is 403 g/mol. The number of anilines is 1. The Kier molecular flexibility index (Phi) is 6.03. The summed E-state index contributed by atoms with van der Waals surface area (Å²) in [5, 5.41) is 4.46. The summed E-state index contributed by atoms with van der Waals surface area (Å²) in [6.45, 7) is 0. The van der Waals surface area contributed by atoms with E-state index in [0.717, 1.165) is 0 Å². The minimum atomic E-state index is -0.172. The van der Waals surface area contributed by atoms with Crippen molar-refractivity contribution in [3.8, 4) is 5.75 Å². The van der Waals surface area contributed by atoms with Crippen LogP contribution in [0.15, 0.2) is 52.4 Å². The number of methoxy groups -OCH3 is 1. The molecule has 0 saturated heterocycles. The number of halogens is 1. The number of benzene rings is 2. The van der Waals surface area contributed by atoms with Crippen LogP contribution in [0, 0.1) is 0 Å². The van der Waals surface area contributed by atoms with Crippen molar-refractivity contribution < 1.29 is 9.53 Å². The van der Waals surface area contributed by atoms with Crippen LogP contribution in [0.25, 0.3) is 10.9 Å². The number of nitrogens with zero attached hydrogens (tertiary/aromatic N) is 2. The standard InChI is InChI=1S/C19H18ClN3O3S/c1-23-18(25)13-5-3-4-6-14(13)22-19(23)27-10-9-17(24)21-15-11-12(20)7-8-16(15)26-2/h3-8,11H,9-10H2,1-2H3,(H,21,24). The Bertz CT molecular complexity index is 1050. The average Bonchev–Trinajstić information content (AvgIpc) is 2.66. The number of thioether (sulfide) groups is 1. The van der Waals surface area contributed by atoms with Crippen LogP contribution in [0.1, 0.15) is 6.42 Å². The van der Waals surface area contributed by atoms with Crippen LogP contribution in [0.3, 0.4) is 0 Å². The van der Waals surface area contributed by atoms with Crippen LogP contribution in [-0.2, 0) is 11.8 Å². The molecule has 0 aliphatic heterocycles. The number of para-hydroxylation sites is 1. The summed E-state index contributed by atoms with van der Waals surface area (Å²) in [5.74, 6) is 0.848. The molecule has 6 nitrogen and oxygen atoms in total. The summed E-state index contributed by atoms with van der Waals surface area (Å²) in [5.41, 5.74) is 1.07. The van der Waals surface area contributed by atoms with E-state index in [1.165, 1.54) is 23.4 Å². The first-order valence-electron chi connectivity index (χ1n) is 8.21. The van der Waals surface area contributed by atoms with Gasteiger partial charge in [-0.2, -0.15) is 0 Å². The topological polar surface area (TPSA) is 73.2 Å². The molecule has 27 heavy (non-hydrogen) atoms. The summed E-state index contributed by atoms with van der Waals surface area (Å²) >= 11 is 7.33. The van der Waals surface area contributed by atoms with Gasteiger partial charge < -0.3 is 10.1 Å². The third-order valence-corrected chi connectivity index (χ3v) is 5.20. The molecule has 0 aliphatic carbocycles. The fourth-order valence-corrected chi connectivity index (χ4v) is 3.63. The number of amides is 1. The molecule has 1 aromatic heterocycles. The largest absolute Gasteiger partial charge is 0.495 e. The van der Waals surface area contributed by atoms with Gasteiger partial charge in [-0.3, -0.25) is 14.2 Å². The third kappa shape index (κ3) is 4.43. The molecule has 1 N–H and O–H groups in total. The number of aromatic nitrogens is 2. The first-order valence-corrected chi connectivity index (χ1v) is 9.58. The molecule has 3 aromatic rings. The SMILES string of the molecule is COc1ccc(Cl)cc1NC(=O)CCSc1nc2ccccc2c(=O)n1C. The Morgan fingerprint density at radius 1 is 1.30 bits per heavy atom. The third-order valence-electron chi connectivity index (χ3n) is 3.94. The predicted molar refractivity (Wildman–Crippen MR) is 109 cm³/mol. The van der Waals surface area contributed by atoms with Crippen molar-refractivity contribution in [2.75, 3.05) is 18.2 Å². The molecular weight excluding hydrogens is 386 g/mol. The number of carbonyl (C=O) groups excluding carboxylic acids is 1. The molecule has 1 amide bonds. The summed E-state index contributed by atoms with van der Waals surface area (Å²) in [6, 6.07) is 12.2. The highest BCUT2D eigenvalue weighted by molar-refractivity contribution is 7.99. The molecule has 140 valence electrons.